The molecule has 2 fully saturated rings. The molecule has 4 aromatic heterocycles. The number of rotatable bonds is 4. The van der Waals surface area contributed by atoms with Crippen molar-refractivity contribution >= 4 is 11.3 Å². The maximum Gasteiger partial charge on any atom is 0.218 e. The molecule has 0 spiro atoms. The highest BCUT2D eigenvalue weighted by atomic mass is 32.1. The number of ether oxygens (including phenoxy) is 2. The molecule has 0 bridgehead atoms. The normalized spacial score (nSPS) is 27.6. The van der Waals surface area contributed by atoms with Crippen molar-refractivity contribution in [2.45, 2.75) is 82.8 Å². The summed E-state index contributed by atoms with van der Waals surface area (Å²) in [6.07, 6.45) is 5.42. The molecule has 2 saturated heterocycles. The van der Waals surface area contributed by atoms with Gasteiger partial charge in [0.2, 0.25) is 5.95 Å². The van der Waals surface area contributed by atoms with Crippen LogP contribution >= 0.6 is 11.3 Å². The Kier molecular flexibility index (Phi) is 9.86. The SMILES string of the molecule is C.Cn1cc2c(n1)CN([C@H]1CO[C@H](c3cc(F)cnc3F)[C@@H](N)C1)C2.Cn1cc2c(n1)CN([C@H]1CO[C@H](c3sccc3F)[C@@H](N)C1)C2. The fraction of sp³-hybridized carbons (Fsp3) is 0.531. The van der Waals surface area contributed by atoms with Crippen LogP contribution in [0.15, 0.2) is 36.1 Å². The Morgan fingerprint density at radius 3 is 1.87 bits per heavy atom. The van der Waals surface area contributed by atoms with Gasteiger partial charge in [-0.05, 0) is 30.4 Å². The molecule has 11 nitrogen and oxygen atoms in total. The van der Waals surface area contributed by atoms with Gasteiger partial charge in [0.15, 0.2) is 0 Å². The molecule has 254 valence electrons. The van der Waals surface area contributed by atoms with E-state index in [2.05, 4.69) is 31.2 Å². The zero-order valence-electron chi connectivity index (χ0n) is 25.7. The Morgan fingerprint density at radius 1 is 0.830 bits per heavy atom. The average molecular weight is 674 g/mol. The topological polar surface area (TPSA) is 126 Å². The number of nitrogens with zero attached hydrogens (tertiary/aromatic N) is 7. The molecule has 6 atom stereocenters. The van der Waals surface area contributed by atoms with Gasteiger partial charge in [-0.1, -0.05) is 7.43 Å². The molecule has 0 radical (unpaired) electrons. The second-order valence-electron chi connectivity index (χ2n) is 12.6. The van der Waals surface area contributed by atoms with Crippen molar-refractivity contribution in [3.05, 3.63) is 86.6 Å². The predicted molar refractivity (Wildman–Crippen MR) is 170 cm³/mol. The average Bonchev–Trinajstić information content (AvgIpc) is 3.83. The Balaban J connectivity index is 0.000000161. The van der Waals surface area contributed by atoms with Gasteiger partial charge in [0, 0.05) is 93.5 Å². The van der Waals surface area contributed by atoms with E-state index in [9.17, 15) is 13.2 Å². The van der Waals surface area contributed by atoms with Crippen LogP contribution in [0.5, 0.6) is 0 Å². The van der Waals surface area contributed by atoms with Crippen molar-refractivity contribution in [3.8, 4) is 0 Å². The number of halogens is 3. The van der Waals surface area contributed by atoms with Crippen LogP contribution in [-0.2, 0) is 49.7 Å². The molecule has 0 amide bonds. The standard InChI is InChI=1S/C16H19F2N5O.C15H19FN4OS.CH4/c1-22-5-9-6-23(7-14(9)21-22)11-3-13(19)15(24-8-11)12-2-10(17)4-20-16(12)18;1-19-5-9-6-20(7-13(9)18-19)10-4-12(17)14(21-8-10)15-11(16)2-3-22-15;/h2,4-5,11,13,15H,3,6-8,19H2,1H3;2-3,5,10,12,14H,4,6-8,17H2,1H3;1H4/t11-,13+,15-;10-,12+,14+;/m11./s1. The minimum atomic E-state index is -0.728. The van der Waals surface area contributed by atoms with Gasteiger partial charge in [-0.3, -0.25) is 19.2 Å². The first-order valence-corrected chi connectivity index (χ1v) is 16.3. The summed E-state index contributed by atoms with van der Waals surface area (Å²) in [6.45, 7) is 4.32. The lowest BCUT2D eigenvalue weighted by Gasteiger charge is -2.38. The maximum absolute atomic E-state index is 13.9. The Hall–Kier alpha value is -3.18. The van der Waals surface area contributed by atoms with E-state index in [1.54, 1.807) is 5.38 Å². The number of hydrogen-bond donors (Lipinski definition) is 2. The van der Waals surface area contributed by atoms with Gasteiger partial charge in [0.25, 0.3) is 0 Å². The highest BCUT2D eigenvalue weighted by molar-refractivity contribution is 7.10. The third-order valence-corrected chi connectivity index (χ3v) is 10.3. The van der Waals surface area contributed by atoms with Gasteiger partial charge in [0.1, 0.15) is 23.8 Å². The summed E-state index contributed by atoms with van der Waals surface area (Å²) in [7, 11) is 3.86. The summed E-state index contributed by atoms with van der Waals surface area (Å²) in [4.78, 5) is 8.67. The monoisotopic (exact) mass is 673 g/mol. The molecule has 0 aliphatic carbocycles. The molecule has 47 heavy (non-hydrogen) atoms. The lowest BCUT2D eigenvalue weighted by Crippen LogP contribution is -2.47. The molecule has 0 aromatic carbocycles. The number of pyridine rings is 1. The second-order valence-corrected chi connectivity index (χ2v) is 13.6. The fourth-order valence-corrected chi connectivity index (χ4v) is 7.97. The Bertz CT molecular complexity index is 1650. The van der Waals surface area contributed by atoms with E-state index < -0.39 is 23.9 Å². The summed E-state index contributed by atoms with van der Waals surface area (Å²) in [5.41, 5.74) is 17.3. The summed E-state index contributed by atoms with van der Waals surface area (Å²) in [5, 5.41) is 10.7. The highest BCUT2D eigenvalue weighted by Crippen LogP contribution is 2.36. The van der Waals surface area contributed by atoms with E-state index in [1.807, 2.05) is 29.7 Å². The number of nitrogens with two attached hydrogens (primary N) is 2. The largest absolute Gasteiger partial charge is 0.370 e. The maximum atomic E-state index is 13.9. The van der Waals surface area contributed by atoms with Gasteiger partial charge in [-0.25, -0.2) is 13.8 Å². The van der Waals surface area contributed by atoms with Crippen molar-refractivity contribution < 1.29 is 22.6 Å². The minimum Gasteiger partial charge on any atom is -0.370 e. The summed E-state index contributed by atoms with van der Waals surface area (Å²) in [5.74, 6) is -1.53. The zero-order chi connectivity index (χ0) is 32.1. The van der Waals surface area contributed by atoms with E-state index >= 15 is 0 Å². The fourth-order valence-electron chi connectivity index (χ4n) is 7.08. The van der Waals surface area contributed by atoms with Crippen LogP contribution in [0.3, 0.4) is 0 Å². The minimum absolute atomic E-state index is 0. The van der Waals surface area contributed by atoms with Crippen LogP contribution in [0.4, 0.5) is 13.2 Å². The van der Waals surface area contributed by atoms with E-state index in [0.717, 1.165) is 56.3 Å². The first kappa shape index (κ1) is 33.7. The van der Waals surface area contributed by atoms with Gasteiger partial charge < -0.3 is 20.9 Å². The number of thiophene rings is 1. The van der Waals surface area contributed by atoms with Crippen LogP contribution < -0.4 is 11.5 Å². The second kappa shape index (κ2) is 13.7. The van der Waals surface area contributed by atoms with Crippen molar-refractivity contribution in [1.82, 2.24) is 34.3 Å². The number of fused-ring (bicyclic) bond motifs is 2. The lowest BCUT2D eigenvalue weighted by molar-refractivity contribution is -0.0536. The van der Waals surface area contributed by atoms with Crippen LogP contribution in [0.1, 0.15) is 65.4 Å². The third-order valence-electron chi connectivity index (χ3n) is 9.31. The van der Waals surface area contributed by atoms with Gasteiger partial charge in [0.05, 0.1) is 35.7 Å². The number of aromatic nitrogens is 5. The van der Waals surface area contributed by atoms with Crippen molar-refractivity contribution in [1.29, 1.82) is 0 Å². The van der Waals surface area contributed by atoms with Crippen LogP contribution in [0.2, 0.25) is 0 Å². The van der Waals surface area contributed by atoms with E-state index in [4.69, 9.17) is 20.9 Å². The zero-order valence-corrected chi connectivity index (χ0v) is 26.5. The summed E-state index contributed by atoms with van der Waals surface area (Å²) in [6, 6.07) is 2.41. The number of aryl methyl sites for hydroxylation is 2. The number of hydrogen-bond acceptors (Lipinski definition) is 10. The molecule has 8 rings (SSSR count). The first-order valence-electron chi connectivity index (χ1n) is 15.4. The predicted octanol–water partition coefficient (Wildman–Crippen LogP) is 3.70. The quantitative estimate of drug-likeness (QED) is 0.312. The molecule has 0 unspecified atom stereocenters. The van der Waals surface area contributed by atoms with Gasteiger partial charge >= 0.3 is 0 Å². The van der Waals surface area contributed by atoms with E-state index in [1.165, 1.54) is 28.5 Å². The van der Waals surface area contributed by atoms with E-state index in [-0.39, 0.29) is 43.0 Å². The molecule has 4 N–H and O–H groups in total. The molecule has 8 heterocycles. The summed E-state index contributed by atoms with van der Waals surface area (Å²) < 4.78 is 56.4. The first-order chi connectivity index (χ1) is 22.1. The Morgan fingerprint density at radius 2 is 1.38 bits per heavy atom. The van der Waals surface area contributed by atoms with Gasteiger partial charge in [-0.2, -0.15) is 14.6 Å². The van der Waals surface area contributed by atoms with E-state index in [0.29, 0.717) is 24.5 Å². The van der Waals surface area contributed by atoms with Crippen molar-refractivity contribution in [3.63, 3.8) is 0 Å². The molecule has 4 aromatic rings. The molecule has 15 heteroatoms. The smallest absolute Gasteiger partial charge is 0.218 e. The molecule has 0 saturated carbocycles. The van der Waals surface area contributed by atoms with Crippen LogP contribution in [0.25, 0.3) is 0 Å². The molecule has 4 aliphatic rings. The Labute approximate surface area is 276 Å². The molecular weight excluding hydrogens is 631 g/mol. The summed E-state index contributed by atoms with van der Waals surface area (Å²) >= 11 is 1.38. The third kappa shape index (κ3) is 6.88. The van der Waals surface area contributed by atoms with Crippen molar-refractivity contribution in [2.24, 2.45) is 25.6 Å². The van der Waals surface area contributed by atoms with Crippen molar-refractivity contribution in [2.75, 3.05) is 13.2 Å². The van der Waals surface area contributed by atoms with Crippen LogP contribution in [0, 0.1) is 17.6 Å². The lowest BCUT2D eigenvalue weighted by atomic mass is 9.94. The molecule has 4 aliphatic heterocycles. The van der Waals surface area contributed by atoms with Gasteiger partial charge in [-0.15, -0.1) is 11.3 Å². The molecular formula is C32H42F3N9O2S. The van der Waals surface area contributed by atoms with Crippen LogP contribution in [-0.4, -0.2) is 71.7 Å². The highest BCUT2D eigenvalue weighted by Gasteiger charge is 2.38.